The van der Waals surface area contributed by atoms with Crippen LogP contribution >= 0.6 is 0 Å². The van der Waals surface area contributed by atoms with Crippen molar-refractivity contribution in [1.29, 1.82) is 0 Å². The molecule has 38 heavy (non-hydrogen) atoms. The number of allylic oxidation sites excluding steroid dienone is 1. The van der Waals surface area contributed by atoms with Gasteiger partial charge in [0.1, 0.15) is 0 Å². The van der Waals surface area contributed by atoms with Gasteiger partial charge in [0.05, 0.1) is 5.69 Å². The van der Waals surface area contributed by atoms with Crippen molar-refractivity contribution in [1.82, 2.24) is 30.3 Å². The van der Waals surface area contributed by atoms with Gasteiger partial charge in [-0.1, -0.05) is 42.5 Å². The maximum Gasteiger partial charge on any atom is 0.248 e. The quantitative estimate of drug-likeness (QED) is 0.251. The standard InChI is InChI=1S/C30H34N8/c1-2-3-17-32-24-14-11-20-12-16-25(18-22(20)13-15-24)33-30-34-29(31)38(37-30)27-19-23-9-6-8-21-7-4-5-10-26(21)28(23)36-35-27/h2-5,7,10,12,16,18-19,24,32H,6,8-9,11,13-15,17H2,1H3,(H3,31,33,34,37)/b3-2+/t24-/m0/s1. The van der Waals surface area contributed by atoms with E-state index in [1.807, 2.05) is 6.07 Å². The Morgan fingerprint density at radius 3 is 2.68 bits per heavy atom. The number of rotatable bonds is 6. The van der Waals surface area contributed by atoms with Gasteiger partial charge in [0, 0.05) is 23.8 Å². The van der Waals surface area contributed by atoms with E-state index in [0.717, 1.165) is 74.0 Å². The summed E-state index contributed by atoms with van der Waals surface area (Å²) in [5.74, 6) is 1.31. The second-order valence-electron chi connectivity index (χ2n) is 10.2. The van der Waals surface area contributed by atoms with Crippen molar-refractivity contribution in [3.8, 4) is 17.1 Å². The summed E-state index contributed by atoms with van der Waals surface area (Å²) < 4.78 is 1.57. The maximum absolute atomic E-state index is 6.28. The Kier molecular flexibility index (Phi) is 6.88. The third kappa shape index (κ3) is 5.04. The third-order valence-electron chi connectivity index (χ3n) is 7.62. The zero-order valence-electron chi connectivity index (χ0n) is 21.8. The second-order valence-corrected chi connectivity index (χ2v) is 10.2. The van der Waals surface area contributed by atoms with Crippen molar-refractivity contribution in [2.45, 2.75) is 57.9 Å². The van der Waals surface area contributed by atoms with E-state index < -0.39 is 0 Å². The SMILES string of the molecule is C/C=C/CN[C@H]1CCc2ccc(Nc3nc(N)n(-c4cc5c(nn4)-c4ccccc4CCC5)n3)cc2CC1. The lowest BCUT2D eigenvalue weighted by Crippen LogP contribution is -2.29. The minimum absolute atomic E-state index is 0.278. The molecular formula is C30H34N8. The van der Waals surface area contributed by atoms with Gasteiger partial charge in [-0.3, -0.25) is 0 Å². The number of aryl methyl sites for hydroxylation is 4. The van der Waals surface area contributed by atoms with Gasteiger partial charge in [0.25, 0.3) is 0 Å². The van der Waals surface area contributed by atoms with Crippen LogP contribution in [0.4, 0.5) is 17.6 Å². The monoisotopic (exact) mass is 506 g/mol. The Morgan fingerprint density at radius 1 is 0.947 bits per heavy atom. The topological polar surface area (TPSA) is 107 Å². The van der Waals surface area contributed by atoms with Gasteiger partial charge < -0.3 is 16.4 Å². The van der Waals surface area contributed by atoms with Crippen molar-refractivity contribution in [2.75, 3.05) is 17.6 Å². The molecule has 4 N–H and O–H groups in total. The van der Waals surface area contributed by atoms with Gasteiger partial charge >= 0.3 is 0 Å². The van der Waals surface area contributed by atoms with Crippen molar-refractivity contribution in [3.63, 3.8) is 0 Å². The van der Waals surface area contributed by atoms with Crippen LogP contribution in [0.5, 0.6) is 0 Å². The first-order valence-corrected chi connectivity index (χ1v) is 13.6. The molecule has 0 aliphatic heterocycles. The summed E-state index contributed by atoms with van der Waals surface area (Å²) in [5, 5.41) is 20.7. The summed E-state index contributed by atoms with van der Waals surface area (Å²) in [6, 6.07) is 17.6. The van der Waals surface area contributed by atoms with Crippen LogP contribution in [0.3, 0.4) is 0 Å². The van der Waals surface area contributed by atoms with Crippen molar-refractivity contribution in [3.05, 3.63) is 82.9 Å². The van der Waals surface area contributed by atoms with E-state index in [9.17, 15) is 0 Å². The highest BCUT2D eigenvalue weighted by Crippen LogP contribution is 2.31. The number of hydrogen-bond acceptors (Lipinski definition) is 7. The Morgan fingerprint density at radius 2 is 1.79 bits per heavy atom. The van der Waals surface area contributed by atoms with E-state index in [4.69, 9.17) is 5.73 Å². The first-order valence-electron chi connectivity index (χ1n) is 13.6. The number of anilines is 3. The molecule has 0 spiro atoms. The largest absolute Gasteiger partial charge is 0.368 e. The van der Waals surface area contributed by atoms with E-state index >= 15 is 0 Å². The fourth-order valence-electron chi connectivity index (χ4n) is 5.59. The van der Waals surface area contributed by atoms with Crippen LogP contribution < -0.4 is 16.4 Å². The molecule has 0 bridgehead atoms. The smallest absolute Gasteiger partial charge is 0.248 e. The van der Waals surface area contributed by atoms with Crippen LogP contribution in [0.15, 0.2) is 60.7 Å². The van der Waals surface area contributed by atoms with Gasteiger partial charge in [-0.2, -0.15) is 9.67 Å². The highest BCUT2D eigenvalue weighted by Gasteiger charge is 2.20. The number of nitrogens with one attached hydrogen (secondary N) is 2. The predicted molar refractivity (Wildman–Crippen MR) is 152 cm³/mol. The average Bonchev–Trinajstić information content (AvgIpc) is 3.08. The molecule has 4 aromatic rings. The molecule has 2 heterocycles. The molecule has 194 valence electrons. The van der Waals surface area contributed by atoms with Gasteiger partial charge in [0.15, 0.2) is 5.82 Å². The summed E-state index contributed by atoms with van der Waals surface area (Å²) in [5.41, 5.74) is 14.6. The summed E-state index contributed by atoms with van der Waals surface area (Å²) in [6.07, 6.45) is 11.7. The third-order valence-corrected chi connectivity index (χ3v) is 7.62. The Labute approximate surface area is 223 Å². The molecular weight excluding hydrogens is 472 g/mol. The van der Waals surface area contributed by atoms with E-state index in [1.165, 1.54) is 16.7 Å². The van der Waals surface area contributed by atoms with Crippen molar-refractivity contribution < 1.29 is 0 Å². The Hall–Kier alpha value is -4.04. The molecule has 1 atom stereocenters. The molecule has 8 heteroatoms. The molecule has 0 amide bonds. The van der Waals surface area contributed by atoms with Crippen LogP contribution in [0, 0.1) is 0 Å². The lowest BCUT2D eigenvalue weighted by Gasteiger charge is -2.14. The Balaban J connectivity index is 1.19. The highest BCUT2D eigenvalue weighted by atomic mass is 15.4. The molecule has 0 unspecified atom stereocenters. The van der Waals surface area contributed by atoms with Crippen LogP contribution in [-0.4, -0.2) is 37.5 Å². The molecule has 8 nitrogen and oxygen atoms in total. The number of nitrogen functional groups attached to an aromatic ring is 1. The number of fused-ring (bicyclic) bond motifs is 4. The van der Waals surface area contributed by atoms with E-state index in [0.29, 0.717) is 17.8 Å². The van der Waals surface area contributed by atoms with Crippen LogP contribution in [0.25, 0.3) is 17.1 Å². The number of nitrogens with two attached hydrogens (primary N) is 1. The van der Waals surface area contributed by atoms with Crippen LogP contribution in [-0.2, 0) is 25.7 Å². The Bertz CT molecular complexity index is 1470. The maximum atomic E-state index is 6.28. The summed E-state index contributed by atoms with van der Waals surface area (Å²) in [6.45, 7) is 2.99. The normalized spacial score (nSPS) is 16.8. The van der Waals surface area contributed by atoms with Crippen molar-refractivity contribution in [2.24, 2.45) is 0 Å². The number of nitrogens with zero attached hydrogens (tertiary/aromatic N) is 5. The summed E-state index contributed by atoms with van der Waals surface area (Å²) >= 11 is 0. The van der Waals surface area contributed by atoms with Crippen LogP contribution in [0.1, 0.15) is 48.4 Å². The van der Waals surface area contributed by atoms with E-state index in [2.05, 4.69) is 92.5 Å². The lowest BCUT2D eigenvalue weighted by atomic mass is 10.0. The summed E-state index contributed by atoms with van der Waals surface area (Å²) in [4.78, 5) is 4.47. The molecule has 2 aliphatic carbocycles. The molecule has 2 aromatic heterocycles. The van der Waals surface area contributed by atoms with Crippen LogP contribution in [0.2, 0.25) is 0 Å². The zero-order valence-corrected chi connectivity index (χ0v) is 21.8. The van der Waals surface area contributed by atoms with E-state index in [1.54, 1.807) is 4.68 Å². The molecule has 2 aliphatic rings. The fraction of sp³-hybridized carbons (Fsp3) is 0.333. The molecule has 6 rings (SSSR count). The van der Waals surface area contributed by atoms with Gasteiger partial charge in [-0.15, -0.1) is 15.3 Å². The molecule has 0 saturated carbocycles. The molecule has 0 fully saturated rings. The molecule has 0 radical (unpaired) electrons. The molecule has 0 saturated heterocycles. The van der Waals surface area contributed by atoms with Gasteiger partial charge in [-0.05, 0) is 92.3 Å². The highest BCUT2D eigenvalue weighted by molar-refractivity contribution is 5.68. The fourth-order valence-corrected chi connectivity index (χ4v) is 5.59. The average molecular weight is 507 g/mol. The van der Waals surface area contributed by atoms with Gasteiger partial charge in [-0.25, -0.2) is 0 Å². The first kappa shape index (κ1) is 24.3. The minimum atomic E-state index is 0.278. The lowest BCUT2D eigenvalue weighted by molar-refractivity contribution is 0.485. The van der Waals surface area contributed by atoms with E-state index in [-0.39, 0.29) is 5.95 Å². The second kappa shape index (κ2) is 10.8. The predicted octanol–water partition coefficient (Wildman–Crippen LogP) is 4.95. The number of hydrogen-bond donors (Lipinski definition) is 3. The first-order chi connectivity index (χ1) is 18.7. The minimum Gasteiger partial charge on any atom is -0.368 e. The van der Waals surface area contributed by atoms with Crippen molar-refractivity contribution >= 4 is 17.6 Å². The zero-order chi connectivity index (χ0) is 25.9. The summed E-state index contributed by atoms with van der Waals surface area (Å²) in [7, 11) is 0. The number of benzene rings is 2. The molecule has 2 aromatic carbocycles. The number of aromatic nitrogens is 5. The van der Waals surface area contributed by atoms with Gasteiger partial charge in [0.2, 0.25) is 11.9 Å².